The van der Waals surface area contributed by atoms with Gasteiger partial charge in [0, 0.05) is 24.5 Å². The smallest absolute Gasteiger partial charge is 0.272 e. The molecular weight excluding hydrogens is 355 g/mol. The van der Waals surface area contributed by atoms with Crippen LogP contribution in [-0.2, 0) is 0 Å². The van der Waals surface area contributed by atoms with Gasteiger partial charge in [0.2, 0.25) is 0 Å². The van der Waals surface area contributed by atoms with E-state index in [4.69, 9.17) is 4.74 Å². The molecule has 2 heterocycles. The second kappa shape index (κ2) is 7.43. The molecule has 2 aromatic carbocycles. The summed E-state index contributed by atoms with van der Waals surface area (Å²) >= 11 is 0. The van der Waals surface area contributed by atoms with Crippen LogP contribution in [0.4, 0.5) is 4.39 Å². The van der Waals surface area contributed by atoms with Crippen molar-refractivity contribution in [1.82, 2.24) is 9.88 Å². The standard InChI is InChI=1S/C23H21FN2O2/c1-15-12-18(24)13-19-21(28-2)14-20(25-22(15)19)23(27)26-10-8-17(9-11-26)16-6-4-3-5-7-16/h3-8,12-14H,9-11H2,1-2H3. The number of methoxy groups -OCH3 is 1. The fraction of sp³-hybridized carbons (Fsp3) is 0.217. The molecule has 0 radical (unpaired) electrons. The number of hydrogen-bond donors (Lipinski definition) is 0. The van der Waals surface area contributed by atoms with Crippen molar-refractivity contribution in [2.45, 2.75) is 13.3 Å². The van der Waals surface area contributed by atoms with Crippen molar-refractivity contribution in [2.75, 3.05) is 20.2 Å². The summed E-state index contributed by atoms with van der Waals surface area (Å²) < 4.78 is 19.2. The molecule has 1 aromatic heterocycles. The molecule has 1 aliphatic rings. The normalized spacial score (nSPS) is 14.1. The Morgan fingerprint density at radius 2 is 1.96 bits per heavy atom. The van der Waals surface area contributed by atoms with Crippen molar-refractivity contribution in [3.8, 4) is 5.75 Å². The van der Waals surface area contributed by atoms with Crippen LogP contribution in [-0.4, -0.2) is 36.0 Å². The largest absolute Gasteiger partial charge is 0.496 e. The number of hydrogen-bond acceptors (Lipinski definition) is 3. The Morgan fingerprint density at radius 3 is 2.64 bits per heavy atom. The molecule has 4 rings (SSSR count). The van der Waals surface area contributed by atoms with E-state index in [0.29, 0.717) is 41.0 Å². The zero-order valence-corrected chi connectivity index (χ0v) is 15.9. The molecular formula is C23H21FN2O2. The van der Waals surface area contributed by atoms with Crippen LogP contribution in [0.15, 0.2) is 54.6 Å². The Labute approximate surface area is 163 Å². The highest BCUT2D eigenvalue weighted by atomic mass is 19.1. The monoisotopic (exact) mass is 376 g/mol. The molecule has 3 aromatic rings. The third-order valence-corrected chi connectivity index (χ3v) is 5.11. The van der Waals surface area contributed by atoms with Gasteiger partial charge in [-0.15, -0.1) is 0 Å². The number of ether oxygens (including phenoxy) is 1. The molecule has 5 heteroatoms. The molecule has 0 unspecified atom stereocenters. The number of amides is 1. The number of nitrogens with zero attached hydrogens (tertiary/aromatic N) is 2. The fourth-order valence-corrected chi connectivity index (χ4v) is 3.63. The van der Waals surface area contributed by atoms with Gasteiger partial charge in [0.1, 0.15) is 17.3 Å². The fourth-order valence-electron chi connectivity index (χ4n) is 3.63. The summed E-state index contributed by atoms with van der Waals surface area (Å²) in [5, 5.41) is 0.571. The zero-order valence-electron chi connectivity index (χ0n) is 15.9. The molecule has 28 heavy (non-hydrogen) atoms. The highest BCUT2D eigenvalue weighted by molar-refractivity contribution is 5.98. The summed E-state index contributed by atoms with van der Waals surface area (Å²) in [6, 6.07) is 14.6. The van der Waals surface area contributed by atoms with Crippen molar-refractivity contribution < 1.29 is 13.9 Å². The van der Waals surface area contributed by atoms with Gasteiger partial charge in [0.05, 0.1) is 12.6 Å². The van der Waals surface area contributed by atoms with E-state index in [1.165, 1.54) is 30.4 Å². The Balaban J connectivity index is 1.64. The van der Waals surface area contributed by atoms with Gasteiger partial charge in [0.15, 0.2) is 0 Å². The van der Waals surface area contributed by atoms with E-state index in [1.54, 1.807) is 17.9 Å². The van der Waals surface area contributed by atoms with Gasteiger partial charge in [-0.3, -0.25) is 4.79 Å². The lowest BCUT2D eigenvalue weighted by Crippen LogP contribution is -2.35. The maximum atomic E-state index is 13.8. The predicted molar refractivity (Wildman–Crippen MR) is 108 cm³/mol. The second-order valence-corrected chi connectivity index (χ2v) is 6.93. The Kier molecular flexibility index (Phi) is 4.82. The number of aryl methyl sites for hydroxylation is 1. The Morgan fingerprint density at radius 1 is 1.18 bits per heavy atom. The molecule has 1 amide bonds. The molecule has 0 fully saturated rings. The highest BCUT2D eigenvalue weighted by Crippen LogP contribution is 2.29. The molecule has 0 saturated carbocycles. The lowest BCUT2D eigenvalue weighted by molar-refractivity contribution is 0.0767. The lowest BCUT2D eigenvalue weighted by atomic mass is 9.99. The molecule has 0 saturated heterocycles. The van der Waals surface area contributed by atoms with Gasteiger partial charge in [-0.2, -0.15) is 0 Å². The van der Waals surface area contributed by atoms with E-state index in [2.05, 4.69) is 23.2 Å². The molecule has 0 atom stereocenters. The van der Waals surface area contributed by atoms with Crippen molar-refractivity contribution >= 4 is 22.4 Å². The average molecular weight is 376 g/mol. The average Bonchev–Trinajstić information content (AvgIpc) is 2.73. The SMILES string of the molecule is COc1cc(C(=O)N2CC=C(c3ccccc3)CC2)nc2c(C)cc(F)cc12. The first kappa shape index (κ1) is 18.2. The zero-order chi connectivity index (χ0) is 19.7. The van der Waals surface area contributed by atoms with Crippen LogP contribution in [0.3, 0.4) is 0 Å². The third-order valence-electron chi connectivity index (χ3n) is 5.11. The van der Waals surface area contributed by atoms with Gasteiger partial charge in [0.25, 0.3) is 5.91 Å². The molecule has 0 aliphatic carbocycles. The van der Waals surface area contributed by atoms with Crippen LogP contribution in [0.5, 0.6) is 5.75 Å². The van der Waals surface area contributed by atoms with Gasteiger partial charge < -0.3 is 9.64 Å². The molecule has 0 N–H and O–H groups in total. The summed E-state index contributed by atoms with van der Waals surface area (Å²) in [5.41, 5.74) is 4.02. The van der Waals surface area contributed by atoms with E-state index in [9.17, 15) is 9.18 Å². The van der Waals surface area contributed by atoms with Gasteiger partial charge >= 0.3 is 0 Å². The molecule has 0 spiro atoms. The van der Waals surface area contributed by atoms with Crippen LogP contribution in [0.25, 0.3) is 16.5 Å². The van der Waals surface area contributed by atoms with E-state index in [-0.39, 0.29) is 11.7 Å². The first-order chi connectivity index (χ1) is 13.6. The molecule has 142 valence electrons. The van der Waals surface area contributed by atoms with Crippen LogP contribution in [0.2, 0.25) is 0 Å². The summed E-state index contributed by atoms with van der Waals surface area (Å²) in [6.45, 7) is 2.94. The first-order valence-electron chi connectivity index (χ1n) is 9.25. The maximum Gasteiger partial charge on any atom is 0.272 e. The summed E-state index contributed by atoms with van der Waals surface area (Å²) in [7, 11) is 1.51. The van der Waals surface area contributed by atoms with Crippen molar-refractivity contribution in [1.29, 1.82) is 0 Å². The number of rotatable bonds is 3. The van der Waals surface area contributed by atoms with Crippen LogP contribution < -0.4 is 4.74 Å². The number of carbonyl (C=O) groups is 1. The topological polar surface area (TPSA) is 42.4 Å². The first-order valence-corrected chi connectivity index (χ1v) is 9.25. The number of aromatic nitrogens is 1. The summed E-state index contributed by atoms with van der Waals surface area (Å²) in [5.74, 6) is -0.0421. The maximum absolute atomic E-state index is 13.8. The van der Waals surface area contributed by atoms with E-state index in [0.717, 1.165) is 6.42 Å². The Bertz CT molecular complexity index is 1080. The second-order valence-electron chi connectivity index (χ2n) is 6.93. The molecule has 4 nitrogen and oxygen atoms in total. The quantitative estimate of drug-likeness (QED) is 0.670. The van der Waals surface area contributed by atoms with Crippen molar-refractivity contribution in [2.24, 2.45) is 0 Å². The predicted octanol–water partition coefficient (Wildman–Crippen LogP) is 4.62. The van der Waals surface area contributed by atoms with Crippen molar-refractivity contribution in [3.63, 3.8) is 0 Å². The molecule has 0 bridgehead atoms. The van der Waals surface area contributed by atoms with Crippen molar-refractivity contribution in [3.05, 3.63) is 77.2 Å². The number of fused-ring (bicyclic) bond motifs is 1. The Hall–Kier alpha value is -3.21. The molecule has 1 aliphatic heterocycles. The summed E-state index contributed by atoms with van der Waals surface area (Å²) in [6.07, 6.45) is 2.89. The minimum Gasteiger partial charge on any atom is -0.496 e. The van der Waals surface area contributed by atoms with Crippen LogP contribution in [0.1, 0.15) is 28.0 Å². The number of carbonyl (C=O) groups excluding carboxylic acids is 1. The minimum atomic E-state index is -0.348. The minimum absolute atomic E-state index is 0.146. The van der Waals surface area contributed by atoms with Crippen LogP contribution in [0, 0.1) is 12.7 Å². The number of pyridine rings is 1. The van der Waals surface area contributed by atoms with Gasteiger partial charge in [-0.05, 0) is 42.2 Å². The number of halogens is 1. The number of benzene rings is 2. The van der Waals surface area contributed by atoms with E-state index >= 15 is 0 Å². The van der Waals surface area contributed by atoms with Crippen LogP contribution >= 0.6 is 0 Å². The summed E-state index contributed by atoms with van der Waals surface area (Å²) in [4.78, 5) is 19.3. The third kappa shape index (κ3) is 3.36. The van der Waals surface area contributed by atoms with E-state index < -0.39 is 0 Å². The van der Waals surface area contributed by atoms with Gasteiger partial charge in [-0.25, -0.2) is 9.37 Å². The lowest BCUT2D eigenvalue weighted by Gasteiger charge is -2.26. The van der Waals surface area contributed by atoms with Gasteiger partial charge in [-0.1, -0.05) is 36.4 Å². The highest BCUT2D eigenvalue weighted by Gasteiger charge is 2.22. The van der Waals surface area contributed by atoms with E-state index in [1.807, 2.05) is 18.2 Å².